The number of rotatable bonds is 3. The lowest BCUT2D eigenvalue weighted by atomic mass is 9.71. The van der Waals surface area contributed by atoms with Crippen LogP contribution in [0.1, 0.15) is 31.7 Å². The van der Waals surface area contributed by atoms with Crippen LogP contribution in [0.4, 0.5) is 0 Å². The van der Waals surface area contributed by atoms with Gasteiger partial charge in [0.2, 0.25) is 0 Å². The molecule has 1 N–H and O–H groups in total. The Morgan fingerprint density at radius 1 is 1.28 bits per heavy atom. The van der Waals surface area contributed by atoms with Gasteiger partial charge in [0, 0.05) is 23.0 Å². The summed E-state index contributed by atoms with van der Waals surface area (Å²) in [5.41, 5.74) is 1.75. The second-order valence-corrected chi connectivity index (χ2v) is 6.66. The number of hydrogen-bond donors (Lipinski definition) is 1. The van der Waals surface area contributed by atoms with Gasteiger partial charge in [-0.2, -0.15) is 0 Å². The average molecular weight is 310 g/mol. The molecular formula is C15H20BrNO. The molecule has 0 bridgehead atoms. The Labute approximate surface area is 117 Å². The highest BCUT2D eigenvalue weighted by atomic mass is 79.9. The van der Waals surface area contributed by atoms with Crippen LogP contribution in [-0.4, -0.2) is 25.3 Å². The van der Waals surface area contributed by atoms with Crippen molar-refractivity contribution in [2.45, 2.75) is 43.8 Å². The van der Waals surface area contributed by atoms with Gasteiger partial charge in [-0.1, -0.05) is 28.1 Å². The maximum atomic E-state index is 6.00. The lowest BCUT2D eigenvalue weighted by Crippen LogP contribution is -2.58. The minimum absolute atomic E-state index is 0.301. The lowest BCUT2D eigenvalue weighted by Gasteiger charge is -2.44. The van der Waals surface area contributed by atoms with Gasteiger partial charge in [-0.3, -0.25) is 0 Å². The molecule has 0 aromatic heterocycles. The van der Waals surface area contributed by atoms with Crippen molar-refractivity contribution in [1.82, 2.24) is 5.32 Å². The van der Waals surface area contributed by atoms with Crippen molar-refractivity contribution in [3.63, 3.8) is 0 Å². The Morgan fingerprint density at radius 3 is 2.50 bits per heavy atom. The molecular weight excluding hydrogens is 290 g/mol. The van der Waals surface area contributed by atoms with E-state index in [0.717, 1.165) is 24.0 Å². The van der Waals surface area contributed by atoms with Crippen molar-refractivity contribution < 1.29 is 4.74 Å². The maximum absolute atomic E-state index is 6.00. The van der Waals surface area contributed by atoms with Crippen LogP contribution in [0.25, 0.3) is 0 Å². The van der Waals surface area contributed by atoms with Crippen LogP contribution in [0.2, 0.25) is 0 Å². The van der Waals surface area contributed by atoms with Crippen LogP contribution < -0.4 is 5.32 Å². The molecule has 2 atom stereocenters. The molecule has 98 valence electrons. The molecule has 2 heterocycles. The predicted octanol–water partition coefficient (Wildman–Crippen LogP) is 3.25. The normalized spacial score (nSPS) is 30.1. The van der Waals surface area contributed by atoms with Crippen molar-refractivity contribution in [2.75, 3.05) is 13.1 Å². The number of nitrogens with one attached hydrogen (secondary N) is 1. The molecule has 2 fully saturated rings. The quantitative estimate of drug-likeness (QED) is 0.925. The highest BCUT2D eigenvalue weighted by Gasteiger charge is 2.42. The van der Waals surface area contributed by atoms with E-state index in [1.54, 1.807) is 0 Å². The third-order valence-corrected chi connectivity index (χ3v) is 4.85. The number of halogens is 1. The van der Waals surface area contributed by atoms with E-state index in [1.807, 2.05) is 0 Å². The Morgan fingerprint density at radius 2 is 2.00 bits per heavy atom. The monoisotopic (exact) mass is 309 g/mol. The summed E-state index contributed by atoms with van der Waals surface area (Å²) in [4.78, 5) is 0. The molecule has 3 heteroatoms. The van der Waals surface area contributed by atoms with Crippen molar-refractivity contribution in [1.29, 1.82) is 0 Å². The zero-order valence-corrected chi connectivity index (χ0v) is 12.4. The van der Waals surface area contributed by atoms with Gasteiger partial charge in [0.25, 0.3) is 0 Å². The third-order valence-electron chi connectivity index (χ3n) is 4.32. The van der Waals surface area contributed by atoms with Gasteiger partial charge in [0.05, 0.1) is 12.2 Å². The minimum atomic E-state index is 0.301. The second-order valence-electron chi connectivity index (χ2n) is 5.74. The van der Waals surface area contributed by atoms with E-state index < -0.39 is 0 Å². The zero-order chi connectivity index (χ0) is 12.6. The van der Waals surface area contributed by atoms with Crippen LogP contribution in [0, 0.1) is 0 Å². The Kier molecular flexibility index (Phi) is 3.48. The first-order chi connectivity index (χ1) is 8.68. The van der Waals surface area contributed by atoms with Crippen LogP contribution in [0.3, 0.4) is 0 Å². The first-order valence-corrected chi connectivity index (χ1v) is 7.59. The fraction of sp³-hybridized carbons (Fsp3) is 0.600. The Hall–Kier alpha value is -0.380. The molecule has 2 saturated heterocycles. The number of benzene rings is 1. The molecule has 2 aliphatic heterocycles. The summed E-state index contributed by atoms with van der Waals surface area (Å²) in [5.74, 6) is 0. The van der Waals surface area contributed by atoms with Gasteiger partial charge in [-0.25, -0.2) is 0 Å². The van der Waals surface area contributed by atoms with Gasteiger partial charge in [-0.05, 0) is 43.9 Å². The molecule has 0 radical (unpaired) electrons. The van der Waals surface area contributed by atoms with Gasteiger partial charge in [0.1, 0.15) is 0 Å². The van der Waals surface area contributed by atoms with Crippen molar-refractivity contribution in [3.05, 3.63) is 34.3 Å². The highest BCUT2D eigenvalue weighted by Crippen LogP contribution is 2.37. The van der Waals surface area contributed by atoms with Crippen molar-refractivity contribution in [2.24, 2.45) is 0 Å². The highest BCUT2D eigenvalue weighted by molar-refractivity contribution is 9.10. The molecule has 1 aromatic rings. The summed E-state index contributed by atoms with van der Waals surface area (Å²) in [6, 6.07) is 8.80. The summed E-state index contributed by atoms with van der Waals surface area (Å²) in [6.07, 6.45) is 4.50. The van der Waals surface area contributed by atoms with Gasteiger partial charge in [-0.15, -0.1) is 0 Å². The standard InChI is InChI=1S/C15H20BrNO/c1-11-2-7-14(18-11)8-15(9-17-10-15)12-3-5-13(16)6-4-12/h3-6,11,14,17H,2,7-10H2,1H3. The summed E-state index contributed by atoms with van der Waals surface area (Å²) in [6.45, 7) is 4.36. The van der Waals surface area contributed by atoms with E-state index in [9.17, 15) is 0 Å². The molecule has 0 spiro atoms. The molecule has 1 aromatic carbocycles. The molecule has 3 rings (SSSR count). The largest absolute Gasteiger partial charge is 0.375 e. The SMILES string of the molecule is CC1CCC(CC2(c3ccc(Br)cc3)CNC2)O1. The van der Waals surface area contributed by atoms with Crippen LogP contribution >= 0.6 is 15.9 Å². The molecule has 2 unspecified atom stereocenters. The van der Waals surface area contributed by atoms with E-state index in [0.29, 0.717) is 17.6 Å². The van der Waals surface area contributed by atoms with Crippen LogP contribution in [0.5, 0.6) is 0 Å². The van der Waals surface area contributed by atoms with E-state index >= 15 is 0 Å². The first-order valence-electron chi connectivity index (χ1n) is 6.80. The topological polar surface area (TPSA) is 21.3 Å². The summed E-state index contributed by atoms with van der Waals surface area (Å²) in [5, 5.41) is 3.43. The van der Waals surface area contributed by atoms with Gasteiger partial charge < -0.3 is 10.1 Å². The predicted molar refractivity (Wildman–Crippen MR) is 76.9 cm³/mol. The van der Waals surface area contributed by atoms with Gasteiger partial charge >= 0.3 is 0 Å². The van der Waals surface area contributed by atoms with Crippen molar-refractivity contribution in [3.8, 4) is 0 Å². The fourth-order valence-electron chi connectivity index (χ4n) is 3.17. The third kappa shape index (κ3) is 2.36. The van der Waals surface area contributed by atoms with E-state index in [4.69, 9.17) is 4.74 Å². The summed E-state index contributed by atoms with van der Waals surface area (Å²) >= 11 is 3.51. The smallest absolute Gasteiger partial charge is 0.0589 e. The Balaban J connectivity index is 1.75. The van der Waals surface area contributed by atoms with Crippen LogP contribution in [0.15, 0.2) is 28.7 Å². The molecule has 0 saturated carbocycles. The van der Waals surface area contributed by atoms with Gasteiger partial charge in [0.15, 0.2) is 0 Å². The molecule has 18 heavy (non-hydrogen) atoms. The fourth-order valence-corrected chi connectivity index (χ4v) is 3.43. The van der Waals surface area contributed by atoms with E-state index in [2.05, 4.69) is 52.4 Å². The average Bonchev–Trinajstić information content (AvgIpc) is 2.71. The summed E-state index contributed by atoms with van der Waals surface area (Å²) in [7, 11) is 0. The lowest BCUT2D eigenvalue weighted by molar-refractivity contribution is 0.0273. The van der Waals surface area contributed by atoms with Crippen LogP contribution in [-0.2, 0) is 10.2 Å². The zero-order valence-electron chi connectivity index (χ0n) is 10.8. The summed E-state index contributed by atoms with van der Waals surface area (Å²) < 4.78 is 7.15. The molecule has 2 aliphatic rings. The second kappa shape index (κ2) is 4.95. The molecule has 0 aliphatic carbocycles. The minimum Gasteiger partial charge on any atom is -0.375 e. The first kappa shape index (κ1) is 12.6. The molecule has 0 amide bonds. The Bertz CT molecular complexity index is 413. The number of ether oxygens (including phenoxy) is 1. The van der Waals surface area contributed by atoms with E-state index in [1.165, 1.54) is 18.4 Å². The van der Waals surface area contributed by atoms with Crippen molar-refractivity contribution >= 4 is 15.9 Å². The number of hydrogen-bond acceptors (Lipinski definition) is 2. The molecule has 2 nitrogen and oxygen atoms in total. The maximum Gasteiger partial charge on any atom is 0.0589 e. The van der Waals surface area contributed by atoms with E-state index in [-0.39, 0.29) is 0 Å².